The highest BCUT2D eigenvalue weighted by Crippen LogP contribution is 2.21. The van der Waals surface area contributed by atoms with E-state index in [2.05, 4.69) is 18.2 Å². The van der Waals surface area contributed by atoms with Crippen molar-refractivity contribution in [2.24, 2.45) is 11.5 Å². The van der Waals surface area contributed by atoms with Gasteiger partial charge in [-0.15, -0.1) is 0 Å². The predicted molar refractivity (Wildman–Crippen MR) is 84.5 cm³/mol. The van der Waals surface area contributed by atoms with Gasteiger partial charge in [-0.3, -0.25) is 9.59 Å². The van der Waals surface area contributed by atoms with E-state index in [-0.39, 0.29) is 11.1 Å². The quantitative estimate of drug-likeness (QED) is 0.376. The van der Waals surface area contributed by atoms with Crippen LogP contribution in [0.3, 0.4) is 0 Å². The first-order valence-electron chi connectivity index (χ1n) is 6.50. The number of amides is 2. The van der Waals surface area contributed by atoms with E-state index in [9.17, 15) is 29.4 Å². The molecule has 2 amide bonds. The van der Waals surface area contributed by atoms with Crippen molar-refractivity contribution in [3.63, 3.8) is 0 Å². The third kappa shape index (κ3) is 4.17. The molecule has 0 radical (unpaired) electrons. The molecule has 0 aromatic carbocycles. The van der Waals surface area contributed by atoms with Crippen LogP contribution in [-0.2, 0) is 9.59 Å². The molecule has 0 fully saturated rings. The van der Waals surface area contributed by atoms with Crippen LogP contribution in [0.2, 0.25) is 0 Å². The number of primary amides is 2. The molecule has 12 nitrogen and oxygen atoms in total. The molecule has 0 aliphatic carbocycles. The van der Waals surface area contributed by atoms with Crippen molar-refractivity contribution < 1.29 is 38.9 Å². The highest BCUT2D eigenvalue weighted by molar-refractivity contribution is 7.04. The average Bonchev–Trinajstić information content (AvgIpc) is 3.22. The second-order valence-electron chi connectivity index (χ2n) is 4.53. The lowest BCUT2D eigenvalue weighted by molar-refractivity contribution is -0.162. The topological polar surface area (TPSA) is 205 Å². The third-order valence-corrected chi connectivity index (χ3v) is 4.01. The molecule has 14 heteroatoms. The summed E-state index contributed by atoms with van der Waals surface area (Å²) in [7, 11) is 0. The van der Waals surface area contributed by atoms with E-state index >= 15 is 0 Å². The molecule has 138 valence electrons. The van der Waals surface area contributed by atoms with Crippen molar-refractivity contribution in [3.8, 4) is 11.8 Å². The SMILES string of the molecule is NC(=O)c1csnc1OC(=O)C(O)C(O)C(=O)Oc1nscc1C(N)=O. The first-order valence-corrected chi connectivity index (χ1v) is 8.17. The van der Waals surface area contributed by atoms with Crippen molar-refractivity contribution >= 4 is 46.8 Å². The second kappa shape index (κ2) is 7.96. The molecule has 26 heavy (non-hydrogen) atoms. The van der Waals surface area contributed by atoms with Crippen LogP contribution in [0.4, 0.5) is 0 Å². The third-order valence-electron chi connectivity index (χ3n) is 2.78. The summed E-state index contributed by atoms with van der Waals surface area (Å²) in [5.74, 6) is -5.81. The van der Waals surface area contributed by atoms with Crippen LogP contribution in [-0.4, -0.2) is 54.9 Å². The maximum atomic E-state index is 11.8. The zero-order chi connectivity index (χ0) is 19.4. The lowest BCUT2D eigenvalue weighted by Gasteiger charge is -2.14. The van der Waals surface area contributed by atoms with Crippen molar-refractivity contribution in [1.82, 2.24) is 8.75 Å². The van der Waals surface area contributed by atoms with Crippen LogP contribution < -0.4 is 20.9 Å². The first kappa shape index (κ1) is 19.4. The average molecular weight is 402 g/mol. The molecule has 0 aliphatic heterocycles. The van der Waals surface area contributed by atoms with Gasteiger partial charge in [0.2, 0.25) is 11.8 Å². The molecule has 6 N–H and O–H groups in total. The summed E-state index contributed by atoms with van der Waals surface area (Å²) in [5, 5.41) is 21.8. The van der Waals surface area contributed by atoms with E-state index in [0.717, 1.165) is 23.1 Å². The van der Waals surface area contributed by atoms with Gasteiger partial charge >= 0.3 is 11.9 Å². The number of hydrogen-bond donors (Lipinski definition) is 4. The Morgan fingerprint density at radius 1 is 0.846 bits per heavy atom. The Hall–Kier alpha value is -2.94. The van der Waals surface area contributed by atoms with Gasteiger partial charge in [-0.05, 0) is 23.1 Å². The normalized spacial score (nSPS) is 12.8. The fourth-order valence-electron chi connectivity index (χ4n) is 1.50. The molecule has 2 aromatic rings. The number of rotatable bonds is 7. The largest absolute Gasteiger partial charge is 0.404 e. The van der Waals surface area contributed by atoms with Crippen LogP contribution in [0.5, 0.6) is 11.8 Å². The number of aromatic nitrogens is 2. The van der Waals surface area contributed by atoms with E-state index in [1.807, 2.05) is 0 Å². The number of carbonyl (C=O) groups is 4. The van der Waals surface area contributed by atoms with E-state index in [1.165, 1.54) is 10.8 Å². The van der Waals surface area contributed by atoms with E-state index in [1.54, 1.807) is 0 Å². The number of nitrogens with zero attached hydrogens (tertiary/aromatic N) is 2. The van der Waals surface area contributed by atoms with Crippen molar-refractivity contribution in [1.29, 1.82) is 0 Å². The Balaban J connectivity index is 2.04. The number of nitrogens with two attached hydrogens (primary N) is 2. The van der Waals surface area contributed by atoms with Crippen LogP contribution in [0.1, 0.15) is 20.7 Å². The minimum Gasteiger partial charge on any atom is -0.404 e. The van der Waals surface area contributed by atoms with Gasteiger partial charge in [0.05, 0.1) is 0 Å². The Morgan fingerprint density at radius 2 is 1.19 bits per heavy atom. The maximum absolute atomic E-state index is 11.8. The van der Waals surface area contributed by atoms with Crippen LogP contribution in [0.15, 0.2) is 10.8 Å². The van der Waals surface area contributed by atoms with E-state index in [0.29, 0.717) is 0 Å². The summed E-state index contributed by atoms with van der Waals surface area (Å²) in [6, 6.07) is 0. The number of aliphatic hydroxyl groups excluding tert-OH is 2. The summed E-state index contributed by atoms with van der Waals surface area (Å²) >= 11 is 1.51. The lowest BCUT2D eigenvalue weighted by Crippen LogP contribution is -2.44. The molecule has 2 atom stereocenters. The fourth-order valence-corrected chi connectivity index (χ4v) is 2.71. The van der Waals surface area contributed by atoms with Gasteiger partial charge < -0.3 is 31.2 Å². The predicted octanol–water partition coefficient (Wildman–Crippen LogP) is -1.97. The van der Waals surface area contributed by atoms with E-state index in [4.69, 9.17) is 11.5 Å². The van der Waals surface area contributed by atoms with Crippen LogP contribution in [0.25, 0.3) is 0 Å². The fraction of sp³-hybridized carbons (Fsp3) is 0.167. The molecule has 2 heterocycles. The lowest BCUT2D eigenvalue weighted by atomic mass is 10.2. The molecule has 0 bridgehead atoms. The number of ether oxygens (including phenoxy) is 2. The second-order valence-corrected chi connectivity index (χ2v) is 5.79. The Kier molecular flexibility index (Phi) is 5.93. The molecular weight excluding hydrogens is 392 g/mol. The molecule has 0 spiro atoms. The Labute approximate surface area is 152 Å². The molecule has 2 aromatic heterocycles. The number of carbonyl (C=O) groups excluding carboxylic acids is 4. The van der Waals surface area contributed by atoms with Gasteiger partial charge in [-0.2, -0.15) is 8.75 Å². The van der Waals surface area contributed by atoms with Gasteiger partial charge in [0.25, 0.3) is 11.8 Å². The maximum Gasteiger partial charge on any atom is 0.345 e. The number of aliphatic hydroxyl groups is 2. The molecule has 0 aliphatic rings. The summed E-state index contributed by atoms with van der Waals surface area (Å²) in [6.07, 6.45) is -4.75. The monoisotopic (exact) mass is 402 g/mol. The van der Waals surface area contributed by atoms with Gasteiger partial charge in [0, 0.05) is 10.8 Å². The number of hydrogen-bond acceptors (Lipinski definition) is 12. The van der Waals surface area contributed by atoms with Crippen molar-refractivity contribution in [2.45, 2.75) is 12.2 Å². The van der Waals surface area contributed by atoms with E-state index < -0.39 is 47.7 Å². The molecule has 2 rings (SSSR count). The Bertz CT molecular complexity index is 793. The van der Waals surface area contributed by atoms with Crippen LogP contribution >= 0.6 is 23.1 Å². The number of esters is 2. The summed E-state index contributed by atoms with van der Waals surface area (Å²) in [6.45, 7) is 0. The zero-order valence-corrected chi connectivity index (χ0v) is 14.2. The minimum absolute atomic E-state index is 0.221. The van der Waals surface area contributed by atoms with Gasteiger partial charge in [0.1, 0.15) is 11.1 Å². The molecule has 0 saturated heterocycles. The summed E-state index contributed by atoms with van der Waals surface area (Å²) in [4.78, 5) is 45.8. The van der Waals surface area contributed by atoms with Gasteiger partial charge in [-0.1, -0.05) is 0 Å². The molecular formula is C12H10N4O8S2. The highest BCUT2D eigenvalue weighted by atomic mass is 32.1. The van der Waals surface area contributed by atoms with Crippen LogP contribution in [0, 0.1) is 0 Å². The zero-order valence-electron chi connectivity index (χ0n) is 12.5. The highest BCUT2D eigenvalue weighted by Gasteiger charge is 2.35. The van der Waals surface area contributed by atoms with Crippen molar-refractivity contribution in [2.75, 3.05) is 0 Å². The van der Waals surface area contributed by atoms with Crippen molar-refractivity contribution in [3.05, 3.63) is 21.9 Å². The first-order chi connectivity index (χ1) is 12.2. The smallest absolute Gasteiger partial charge is 0.345 e. The minimum atomic E-state index is -2.37. The molecule has 2 unspecified atom stereocenters. The summed E-state index contributed by atoms with van der Waals surface area (Å²) in [5.41, 5.74) is 9.64. The van der Waals surface area contributed by atoms with Gasteiger partial charge in [0.15, 0.2) is 12.2 Å². The summed E-state index contributed by atoms with van der Waals surface area (Å²) < 4.78 is 16.4. The van der Waals surface area contributed by atoms with Gasteiger partial charge in [-0.25, -0.2) is 9.59 Å². The standard InChI is InChI=1S/C12H10N4O8S2/c13-7(19)3-1-25-15-9(3)23-11(21)5(17)6(18)12(22)24-10-4(8(14)20)2-26-16-10/h1-2,5-6,17-18H,(H2,13,19)(H2,14,20). The molecule has 0 saturated carbocycles. The Morgan fingerprint density at radius 3 is 1.50 bits per heavy atom.